The Labute approximate surface area is 103 Å². The van der Waals surface area contributed by atoms with E-state index in [4.69, 9.17) is 5.73 Å². The van der Waals surface area contributed by atoms with Crippen molar-refractivity contribution in [2.24, 2.45) is 5.73 Å². The molecular formula is C14H21FN2. The molecule has 0 aliphatic carbocycles. The molecule has 1 aromatic rings. The highest BCUT2D eigenvalue weighted by Crippen LogP contribution is 2.31. The molecule has 2 unspecified atom stereocenters. The highest BCUT2D eigenvalue weighted by molar-refractivity contribution is 5.20. The van der Waals surface area contributed by atoms with Gasteiger partial charge in [0.15, 0.2) is 0 Å². The van der Waals surface area contributed by atoms with Crippen LogP contribution in [-0.2, 0) is 0 Å². The first-order valence-corrected chi connectivity index (χ1v) is 6.47. The lowest BCUT2D eigenvalue weighted by Gasteiger charge is -2.32. The van der Waals surface area contributed by atoms with Crippen molar-refractivity contribution in [3.63, 3.8) is 0 Å². The zero-order valence-corrected chi connectivity index (χ0v) is 10.4. The molecule has 94 valence electrons. The van der Waals surface area contributed by atoms with Crippen LogP contribution >= 0.6 is 0 Å². The second-order valence-electron chi connectivity index (χ2n) is 4.75. The Hall–Kier alpha value is -0.930. The van der Waals surface area contributed by atoms with Crippen molar-refractivity contribution in [2.45, 2.75) is 38.3 Å². The molecular weight excluding hydrogens is 215 g/mol. The van der Waals surface area contributed by atoms with Crippen LogP contribution in [0.25, 0.3) is 0 Å². The molecule has 2 atom stereocenters. The maximum atomic E-state index is 13.3. The van der Waals surface area contributed by atoms with Crippen molar-refractivity contribution in [3.8, 4) is 0 Å². The summed E-state index contributed by atoms with van der Waals surface area (Å²) in [5, 5.41) is 0. The van der Waals surface area contributed by atoms with Gasteiger partial charge < -0.3 is 5.73 Å². The van der Waals surface area contributed by atoms with E-state index in [0.29, 0.717) is 18.6 Å². The van der Waals surface area contributed by atoms with Crippen LogP contribution in [0.3, 0.4) is 0 Å². The fraction of sp³-hybridized carbons (Fsp3) is 0.571. The molecule has 17 heavy (non-hydrogen) atoms. The van der Waals surface area contributed by atoms with Crippen molar-refractivity contribution in [3.05, 3.63) is 35.6 Å². The molecule has 0 aromatic heterocycles. The normalized spacial score (nSPS) is 22.9. The van der Waals surface area contributed by atoms with Gasteiger partial charge in [0.25, 0.3) is 0 Å². The highest BCUT2D eigenvalue weighted by Gasteiger charge is 2.29. The second kappa shape index (κ2) is 5.61. The molecule has 1 aromatic carbocycles. The lowest BCUT2D eigenvalue weighted by atomic mass is 10.0. The Morgan fingerprint density at radius 3 is 3.00 bits per heavy atom. The topological polar surface area (TPSA) is 29.3 Å². The van der Waals surface area contributed by atoms with Crippen molar-refractivity contribution in [2.75, 3.05) is 13.1 Å². The van der Waals surface area contributed by atoms with Crippen LogP contribution < -0.4 is 5.73 Å². The Kier molecular flexibility index (Phi) is 4.13. The maximum absolute atomic E-state index is 13.3. The van der Waals surface area contributed by atoms with E-state index < -0.39 is 0 Å². The number of rotatable bonds is 4. The fourth-order valence-corrected chi connectivity index (χ4v) is 2.90. The third-order valence-electron chi connectivity index (χ3n) is 3.72. The van der Waals surface area contributed by atoms with Crippen LogP contribution in [0.15, 0.2) is 24.3 Å². The van der Waals surface area contributed by atoms with E-state index in [1.54, 1.807) is 12.1 Å². The van der Waals surface area contributed by atoms with Gasteiger partial charge in [-0.15, -0.1) is 0 Å². The molecule has 1 heterocycles. The van der Waals surface area contributed by atoms with Gasteiger partial charge in [0.05, 0.1) is 0 Å². The van der Waals surface area contributed by atoms with Crippen LogP contribution in [0.1, 0.15) is 37.8 Å². The summed E-state index contributed by atoms with van der Waals surface area (Å²) in [5.41, 5.74) is 6.89. The van der Waals surface area contributed by atoms with Gasteiger partial charge in [-0.2, -0.15) is 0 Å². The van der Waals surface area contributed by atoms with Gasteiger partial charge in [0.2, 0.25) is 0 Å². The minimum Gasteiger partial charge on any atom is -0.329 e. The molecule has 1 fully saturated rings. The van der Waals surface area contributed by atoms with Gasteiger partial charge in [-0.25, -0.2) is 4.39 Å². The van der Waals surface area contributed by atoms with Gasteiger partial charge in [-0.1, -0.05) is 19.1 Å². The summed E-state index contributed by atoms with van der Waals surface area (Å²) in [6, 6.07) is 7.73. The summed E-state index contributed by atoms with van der Waals surface area (Å²) >= 11 is 0. The van der Waals surface area contributed by atoms with Crippen LogP contribution in [0.4, 0.5) is 4.39 Å². The first kappa shape index (κ1) is 12.5. The fourth-order valence-electron chi connectivity index (χ4n) is 2.90. The maximum Gasteiger partial charge on any atom is 0.123 e. The minimum atomic E-state index is -0.149. The monoisotopic (exact) mass is 236 g/mol. The van der Waals surface area contributed by atoms with Crippen LogP contribution in [0, 0.1) is 5.82 Å². The third kappa shape index (κ3) is 2.67. The molecule has 0 bridgehead atoms. The van der Waals surface area contributed by atoms with Crippen molar-refractivity contribution in [1.29, 1.82) is 0 Å². The molecule has 0 saturated carbocycles. The van der Waals surface area contributed by atoms with E-state index in [1.165, 1.54) is 18.9 Å². The lowest BCUT2D eigenvalue weighted by molar-refractivity contribution is 0.178. The zero-order chi connectivity index (χ0) is 12.3. The van der Waals surface area contributed by atoms with E-state index in [-0.39, 0.29) is 5.82 Å². The summed E-state index contributed by atoms with van der Waals surface area (Å²) < 4.78 is 13.3. The van der Waals surface area contributed by atoms with E-state index in [0.717, 1.165) is 18.5 Å². The molecule has 2 nitrogen and oxygen atoms in total. The van der Waals surface area contributed by atoms with Crippen LogP contribution in [-0.4, -0.2) is 24.0 Å². The van der Waals surface area contributed by atoms with E-state index in [9.17, 15) is 4.39 Å². The van der Waals surface area contributed by atoms with Gasteiger partial charge in [0.1, 0.15) is 5.82 Å². The average molecular weight is 236 g/mol. The first-order chi connectivity index (χ1) is 8.26. The molecule has 0 radical (unpaired) electrons. The molecule has 0 amide bonds. The molecule has 1 aliphatic rings. The molecule has 2 N–H and O–H groups in total. The van der Waals surface area contributed by atoms with Gasteiger partial charge in [-0.3, -0.25) is 4.90 Å². The SMILES string of the molecule is CCC(c1cccc(F)c1)N1CCCC1CN. The average Bonchev–Trinajstić information content (AvgIpc) is 2.78. The number of benzene rings is 1. The van der Waals surface area contributed by atoms with E-state index in [1.807, 2.05) is 6.07 Å². The first-order valence-electron chi connectivity index (χ1n) is 6.47. The summed E-state index contributed by atoms with van der Waals surface area (Å²) in [5.74, 6) is -0.149. The third-order valence-corrected chi connectivity index (χ3v) is 3.72. The van der Waals surface area contributed by atoms with Gasteiger partial charge in [-0.05, 0) is 43.5 Å². The number of likely N-dealkylation sites (tertiary alicyclic amines) is 1. The number of hydrogen-bond acceptors (Lipinski definition) is 2. The minimum absolute atomic E-state index is 0.149. The van der Waals surface area contributed by atoms with Crippen molar-refractivity contribution in [1.82, 2.24) is 4.90 Å². The number of hydrogen-bond donors (Lipinski definition) is 1. The summed E-state index contributed by atoms with van der Waals surface area (Å²) in [4.78, 5) is 2.44. The summed E-state index contributed by atoms with van der Waals surface area (Å²) in [6.45, 7) is 3.93. The smallest absolute Gasteiger partial charge is 0.123 e. The van der Waals surface area contributed by atoms with Crippen LogP contribution in [0.5, 0.6) is 0 Å². The molecule has 3 heteroatoms. The van der Waals surface area contributed by atoms with Crippen LogP contribution in [0.2, 0.25) is 0 Å². The molecule has 0 spiro atoms. The lowest BCUT2D eigenvalue weighted by Crippen LogP contribution is -2.38. The Bertz CT molecular complexity index is 367. The Morgan fingerprint density at radius 2 is 2.35 bits per heavy atom. The molecule has 2 rings (SSSR count). The Balaban J connectivity index is 2.21. The number of nitrogens with zero attached hydrogens (tertiary/aromatic N) is 1. The quantitative estimate of drug-likeness (QED) is 0.871. The van der Waals surface area contributed by atoms with Gasteiger partial charge >= 0.3 is 0 Å². The summed E-state index contributed by atoms with van der Waals surface area (Å²) in [7, 11) is 0. The predicted octanol–water partition coefficient (Wildman–Crippen LogP) is 2.70. The van der Waals surface area contributed by atoms with Gasteiger partial charge in [0, 0.05) is 18.6 Å². The van der Waals surface area contributed by atoms with E-state index >= 15 is 0 Å². The standard InChI is InChI=1S/C14H21FN2/c1-2-14(11-5-3-6-12(15)9-11)17-8-4-7-13(17)10-16/h3,5-6,9,13-14H,2,4,7-8,10,16H2,1H3. The van der Waals surface area contributed by atoms with E-state index in [2.05, 4.69) is 11.8 Å². The van der Waals surface area contributed by atoms with Crippen molar-refractivity contribution >= 4 is 0 Å². The predicted molar refractivity (Wildman–Crippen MR) is 68.2 cm³/mol. The summed E-state index contributed by atoms with van der Waals surface area (Å²) in [6.07, 6.45) is 3.37. The zero-order valence-electron chi connectivity index (χ0n) is 10.4. The highest BCUT2D eigenvalue weighted by atomic mass is 19.1. The largest absolute Gasteiger partial charge is 0.329 e. The second-order valence-corrected chi connectivity index (χ2v) is 4.75. The van der Waals surface area contributed by atoms with Crippen molar-refractivity contribution < 1.29 is 4.39 Å². The molecule has 1 saturated heterocycles. The number of nitrogens with two attached hydrogens (primary N) is 1. The molecule has 1 aliphatic heterocycles. The Morgan fingerprint density at radius 1 is 1.53 bits per heavy atom. The number of halogens is 1.